The molecule has 1 atom stereocenters. The maximum absolute atomic E-state index is 4.42. The molecule has 0 spiro atoms. The van der Waals surface area contributed by atoms with Crippen molar-refractivity contribution in [3.63, 3.8) is 0 Å². The molecule has 4 rings (SSSR count). The lowest BCUT2D eigenvalue weighted by Crippen LogP contribution is -2.26. The van der Waals surface area contributed by atoms with E-state index in [2.05, 4.69) is 76.8 Å². The molecule has 0 fully saturated rings. The van der Waals surface area contributed by atoms with Crippen LogP contribution in [0.15, 0.2) is 52.9 Å². The van der Waals surface area contributed by atoms with Gasteiger partial charge in [-0.05, 0) is 42.7 Å². The van der Waals surface area contributed by atoms with Crippen molar-refractivity contribution >= 4 is 23.1 Å². The van der Waals surface area contributed by atoms with Gasteiger partial charge in [0.25, 0.3) is 0 Å². The van der Waals surface area contributed by atoms with Gasteiger partial charge in [0.2, 0.25) is 0 Å². The topological polar surface area (TPSA) is 29.0 Å². The number of nitrogens with zero attached hydrogens (tertiary/aromatic N) is 3. The van der Waals surface area contributed by atoms with Gasteiger partial charge in [-0.1, -0.05) is 77.2 Å². The van der Waals surface area contributed by atoms with Crippen molar-refractivity contribution in [2.75, 3.05) is 6.26 Å². The maximum atomic E-state index is 4.42. The largest absolute Gasteiger partial charge is 0.285 e. The fourth-order valence-electron chi connectivity index (χ4n) is 3.68. The third kappa shape index (κ3) is 3.85. The van der Waals surface area contributed by atoms with Gasteiger partial charge in [-0.2, -0.15) is 0 Å². The van der Waals surface area contributed by atoms with Crippen molar-refractivity contribution in [3.05, 3.63) is 75.8 Å². The van der Waals surface area contributed by atoms with E-state index in [1.165, 1.54) is 28.7 Å². The Balaban J connectivity index is 1.61. The van der Waals surface area contributed by atoms with Gasteiger partial charge in [0.15, 0.2) is 4.34 Å². The molecule has 0 N–H and O–H groups in total. The number of hydrogen-bond acceptors (Lipinski definition) is 5. The second-order valence-electron chi connectivity index (χ2n) is 6.81. The molecule has 0 unspecified atom stereocenters. The highest BCUT2D eigenvalue weighted by Crippen LogP contribution is 2.37. The minimum absolute atomic E-state index is 0.453. The molecule has 0 radical (unpaired) electrons. The molecule has 0 bridgehead atoms. The summed E-state index contributed by atoms with van der Waals surface area (Å²) >= 11 is 3.38. The van der Waals surface area contributed by atoms with Crippen LogP contribution in [0, 0.1) is 6.92 Å². The predicted octanol–water partition coefficient (Wildman–Crippen LogP) is 5.26. The van der Waals surface area contributed by atoms with Gasteiger partial charge < -0.3 is 0 Å². The Morgan fingerprint density at radius 1 is 1.08 bits per heavy atom. The molecule has 5 heteroatoms. The van der Waals surface area contributed by atoms with E-state index in [0.29, 0.717) is 6.04 Å². The van der Waals surface area contributed by atoms with Gasteiger partial charge in [0.1, 0.15) is 5.01 Å². The smallest absolute Gasteiger partial charge is 0.174 e. The highest BCUT2D eigenvalue weighted by molar-refractivity contribution is 8.00. The summed E-state index contributed by atoms with van der Waals surface area (Å²) in [6, 6.07) is 18.2. The first kappa shape index (κ1) is 17.7. The molecule has 0 saturated carbocycles. The summed E-state index contributed by atoms with van der Waals surface area (Å²) in [7, 11) is 0. The van der Waals surface area contributed by atoms with Crippen LogP contribution >= 0.6 is 23.1 Å². The van der Waals surface area contributed by atoms with Crippen LogP contribution in [-0.4, -0.2) is 21.4 Å². The Hall–Kier alpha value is -1.69. The van der Waals surface area contributed by atoms with Crippen molar-refractivity contribution < 1.29 is 0 Å². The van der Waals surface area contributed by atoms with Crippen molar-refractivity contribution in [2.45, 2.75) is 43.2 Å². The SMILES string of the molecule is CSc1nnc(CN(Cc2ccc(C)cc2)[C@H]2CCc3ccccc32)s1. The van der Waals surface area contributed by atoms with E-state index in [-0.39, 0.29) is 0 Å². The molecule has 0 aliphatic heterocycles. The van der Waals surface area contributed by atoms with Gasteiger partial charge in [-0.15, -0.1) is 10.2 Å². The molecule has 0 saturated heterocycles. The average molecular weight is 382 g/mol. The number of benzene rings is 2. The zero-order chi connectivity index (χ0) is 17.9. The third-order valence-electron chi connectivity index (χ3n) is 5.01. The zero-order valence-corrected chi connectivity index (χ0v) is 16.8. The van der Waals surface area contributed by atoms with Crippen LogP contribution in [0.3, 0.4) is 0 Å². The van der Waals surface area contributed by atoms with Crippen LogP contribution in [0.25, 0.3) is 0 Å². The molecular formula is C21H23N3S2. The quantitative estimate of drug-likeness (QED) is 0.545. The molecule has 134 valence electrons. The van der Waals surface area contributed by atoms with Crippen LogP contribution in [-0.2, 0) is 19.5 Å². The van der Waals surface area contributed by atoms with Crippen molar-refractivity contribution in [1.29, 1.82) is 0 Å². The van der Waals surface area contributed by atoms with Crippen molar-refractivity contribution in [2.24, 2.45) is 0 Å². The highest BCUT2D eigenvalue weighted by Gasteiger charge is 2.28. The summed E-state index contributed by atoms with van der Waals surface area (Å²) in [4.78, 5) is 2.57. The Morgan fingerprint density at radius 2 is 1.88 bits per heavy atom. The van der Waals surface area contributed by atoms with Crippen LogP contribution in [0.5, 0.6) is 0 Å². The first-order valence-corrected chi connectivity index (χ1v) is 11.0. The molecule has 2 aromatic carbocycles. The summed E-state index contributed by atoms with van der Waals surface area (Å²) in [6.07, 6.45) is 4.40. The van der Waals surface area contributed by atoms with Crippen LogP contribution in [0.2, 0.25) is 0 Å². The molecule has 1 aromatic heterocycles. The summed E-state index contributed by atoms with van der Waals surface area (Å²) in [5, 5.41) is 9.80. The molecule has 3 aromatic rings. The van der Waals surface area contributed by atoms with Crippen molar-refractivity contribution in [3.8, 4) is 0 Å². The summed E-state index contributed by atoms with van der Waals surface area (Å²) in [6.45, 7) is 3.93. The van der Waals surface area contributed by atoms with Gasteiger partial charge in [-0.25, -0.2) is 0 Å². The van der Waals surface area contributed by atoms with Gasteiger partial charge in [0, 0.05) is 12.6 Å². The third-order valence-corrected chi connectivity index (χ3v) is 6.89. The fourth-order valence-corrected chi connectivity index (χ4v) is 5.02. The van der Waals surface area contributed by atoms with E-state index < -0.39 is 0 Å². The van der Waals surface area contributed by atoms with E-state index in [1.807, 2.05) is 0 Å². The Kier molecular flexibility index (Phi) is 5.38. The predicted molar refractivity (Wildman–Crippen MR) is 110 cm³/mol. The average Bonchev–Trinajstić information content (AvgIpc) is 3.29. The summed E-state index contributed by atoms with van der Waals surface area (Å²) in [5.74, 6) is 0. The lowest BCUT2D eigenvalue weighted by molar-refractivity contribution is 0.177. The van der Waals surface area contributed by atoms with E-state index >= 15 is 0 Å². The number of hydrogen-bond donors (Lipinski definition) is 0. The molecule has 1 aliphatic rings. The molecule has 3 nitrogen and oxygen atoms in total. The van der Waals surface area contributed by atoms with Gasteiger partial charge in [0.05, 0.1) is 6.54 Å². The molecule has 0 amide bonds. The van der Waals surface area contributed by atoms with Gasteiger partial charge in [-0.3, -0.25) is 4.90 Å². The minimum Gasteiger partial charge on any atom is -0.285 e. The van der Waals surface area contributed by atoms with E-state index in [0.717, 1.165) is 28.9 Å². The zero-order valence-electron chi connectivity index (χ0n) is 15.2. The van der Waals surface area contributed by atoms with Crippen LogP contribution in [0.1, 0.15) is 39.7 Å². The molecular weight excluding hydrogens is 358 g/mol. The summed E-state index contributed by atoms with van der Waals surface area (Å²) in [5.41, 5.74) is 5.64. The number of thioether (sulfide) groups is 1. The fraction of sp³-hybridized carbons (Fsp3) is 0.333. The second-order valence-corrected chi connectivity index (χ2v) is 8.93. The molecule has 1 heterocycles. The lowest BCUT2D eigenvalue weighted by Gasteiger charge is -2.29. The Morgan fingerprint density at radius 3 is 2.65 bits per heavy atom. The number of aromatic nitrogens is 2. The Labute approximate surface area is 163 Å². The highest BCUT2D eigenvalue weighted by atomic mass is 32.2. The van der Waals surface area contributed by atoms with Crippen LogP contribution < -0.4 is 0 Å². The van der Waals surface area contributed by atoms with E-state index in [4.69, 9.17) is 0 Å². The first-order valence-electron chi connectivity index (χ1n) is 8.96. The van der Waals surface area contributed by atoms with E-state index in [1.54, 1.807) is 23.1 Å². The lowest BCUT2D eigenvalue weighted by atomic mass is 10.1. The first-order chi connectivity index (χ1) is 12.7. The van der Waals surface area contributed by atoms with E-state index in [9.17, 15) is 0 Å². The van der Waals surface area contributed by atoms with Gasteiger partial charge >= 0.3 is 0 Å². The number of fused-ring (bicyclic) bond motifs is 1. The minimum atomic E-state index is 0.453. The van der Waals surface area contributed by atoms with Crippen LogP contribution in [0.4, 0.5) is 0 Å². The molecule has 26 heavy (non-hydrogen) atoms. The molecule has 1 aliphatic carbocycles. The second kappa shape index (κ2) is 7.91. The van der Waals surface area contributed by atoms with Crippen molar-refractivity contribution in [1.82, 2.24) is 15.1 Å². The normalized spacial score (nSPS) is 16.2. The maximum Gasteiger partial charge on any atom is 0.174 e. The Bertz CT molecular complexity index is 873. The number of rotatable bonds is 6. The standard InChI is InChI=1S/C21H23N3S2/c1-15-7-9-16(10-8-15)13-24(14-20-22-23-21(25-2)26-20)19-12-11-17-5-3-4-6-18(17)19/h3-10,19H,11-14H2,1-2H3/t19-/m0/s1. The summed E-state index contributed by atoms with van der Waals surface area (Å²) < 4.78 is 1.04. The number of aryl methyl sites for hydroxylation is 2. The monoisotopic (exact) mass is 381 g/mol.